The smallest absolute Gasteiger partial charge is 0.321 e. The molecule has 4 rings (SSSR count). The molecule has 0 aliphatic rings. The number of aryl methyl sites for hydroxylation is 1. The Hall–Kier alpha value is -3.66. The van der Waals surface area contributed by atoms with E-state index in [2.05, 4.69) is 27.8 Å². The number of nitrogens with zero attached hydrogens (tertiary/aromatic N) is 4. The number of aromatic nitrogens is 4. The molecule has 0 fully saturated rings. The molecule has 1 atom stereocenters. The average Bonchev–Trinajstić information content (AvgIpc) is 3.26. The number of nitrogens with one attached hydrogen (secondary N) is 2. The summed E-state index contributed by atoms with van der Waals surface area (Å²) in [4.78, 5) is 37.9. The molecule has 0 saturated carbocycles. The summed E-state index contributed by atoms with van der Waals surface area (Å²) in [6.07, 6.45) is 1.77. The predicted octanol–water partition coefficient (Wildman–Crippen LogP) is 3.35. The highest BCUT2D eigenvalue weighted by molar-refractivity contribution is 8.00. The number of carbonyl (C=O) groups is 2. The molecule has 2 N–H and O–H groups in total. The molecule has 2 aromatic heterocycles. The van der Waals surface area contributed by atoms with Gasteiger partial charge >= 0.3 is 6.03 Å². The molecule has 0 saturated heterocycles. The van der Waals surface area contributed by atoms with E-state index >= 15 is 0 Å². The molecule has 176 valence electrons. The number of urea groups is 1. The SMILES string of the molecule is CCCCn1c(=O)c2ccccc2n2c(SC(C)C(=O)NC(=O)NCc3ccccc3)nnc12. The molecule has 0 bridgehead atoms. The van der Waals surface area contributed by atoms with Gasteiger partial charge in [-0.3, -0.25) is 23.9 Å². The van der Waals surface area contributed by atoms with Gasteiger partial charge in [0.25, 0.3) is 5.56 Å². The van der Waals surface area contributed by atoms with E-state index in [1.807, 2.05) is 48.5 Å². The molecule has 2 aromatic carbocycles. The lowest BCUT2D eigenvalue weighted by atomic mass is 10.2. The highest BCUT2D eigenvalue weighted by Crippen LogP contribution is 2.25. The zero-order valence-electron chi connectivity index (χ0n) is 19.0. The summed E-state index contributed by atoms with van der Waals surface area (Å²) in [6.45, 7) is 4.60. The van der Waals surface area contributed by atoms with E-state index in [9.17, 15) is 14.4 Å². The molecule has 4 aromatic rings. The van der Waals surface area contributed by atoms with Crippen molar-refractivity contribution >= 4 is 40.4 Å². The number of imide groups is 1. The number of benzene rings is 2. The summed E-state index contributed by atoms with van der Waals surface area (Å²) in [6, 6.07) is 16.2. The minimum absolute atomic E-state index is 0.110. The standard InChI is InChI=1S/C24H26N6O3S/c1-3-4-14-29-21(32)18-12-8-9-13-19(18)30-23(29)27-28-24(30)34-16(2)20(31)26-22(33)25-15-17-10-6-5-7-11-17/h5-13,16H,3-4,14-15H2,1-2H3,(H2,25,26,31,33). The normalized spacial score (nSPS) is 12.1. The molecular formula is C24H26N6O3S. The highest BCUT2D eigenvalue weighted by atomic mass is 32.2. The van der Waals surface area contributed by atoms with Gasteiger partial charge in [-0.05, 0) is 31.0 Å². The number of thioether (sulfide) groups is 1. The lowest BCUT2D eigenvalue weighted by Crippen LogP contribution is -2.42. The largest absolute Gasteiger partial charge is 0.334 e. The van der Waals surface area contributed by atoms with Crippen molar-refractivity contribution in [3.8, 4) is 0 Å². The quantitative estimate of drug-likeness (QED) is 0.376. The van der Waals surface area contributed by atoms with Crippen molar-refractivity contribution in [3.05, 3.63) is 70.5 Å². The van der Waals surface area contributed by atoms with Crippen molar-refractivity contribution in [1.82, 2.24) is 29.8 Å². The van der Waals surface area contributed by atoms with Gasteiger partial charge in [0.2, 0.25) is 11.7 Å². The van der Waals surface area contributed by atoms with Crippen molar-refractivity contribution in [1.29, 1.82) is 0 Å². The van der Waals surface area contributed by atoms with Crippen LogP contribution in [0.1, 0.15) is 32.3 Å². The lowest BCUT2D eigenvalue weighted by molar-refractivity contribution is -0.119. The zero-order valence-corrected chi connectivity index (χ0v) is 19.8. The molecule has 0 aliphatic carbocycles. The van der Waals surface area contributed by atoms with Crippen molar-refractivity contribution in [2.45, 2.75) is 50.2 Å². The second-order valence-corrected chi connectivity index (χ2v) is 9.17. The van der Waals surface area contributed by atoms with Crippen LogP contribution in [0.15, 0.2) is 64.5 Å². The van der Waals surface area contributed by atoms with Crippen molar-refractivity contribution in [2.24, 2.45) is 0 Å². The Labute approximate surface area is 200 Å². The monoisotopic (exact) mass is 478 g/mol. The lowest BCUT2D eigenvalue weighted by Gasteiger charge is -2.13. The molecule has 9 nitrogen and oxygen atoms in total. The first-order valence-corrected chi connectivity index (χ1v) is 12.0. The van der Waals surface area contributed by atoms with E-state index in [0.717, 1.165) is 18.4 Å². The molecule has 10 heteroatoms. The third-order valence-electron chi connectivity index (χ3n) is 5.40. The van der Waals surface area contributed by atoms with E-state index in [4.69, 9.17) is 0 Å². The van der Waals surface area contributed by atoms with Gasteiger partial charge in [-0.25, -0.2) is 4.79 Å². The fourth-order valence-corrected chi connectivity index (χ4v) is 4.43. The third kappa shape index (κ3) is 4.96. The summed E-state index contributed by atoms with van der Waals surface area (Å²) >= 11 is 1.18. The summed E-state index contributed by atoms with van der Waals surface area (Å²) in [5, 5.41) is 14.0. The van der Waals surface area contributed by atoms with Gasteiger partial charge < -0.3 is 5.32 Å². The molecule has 1 unspecified atom stereocenters. The summed E-state index contributed by atoms with van der Waals surface area (Å²) in [5.74, 6) is -0.0104. The molecule has 0 spiro atoms. The fourth-order valence-electron chi connectivity index (χ4n) is 3.58. The van der Waals surface area contributed by atoms with Crippen molar-refractivity contribution in [2.75, 3.05) is 0 Å². The van der Waals surface area contributed by atoms with Crippen LogP contribution in [0.3, 0.4) is 0 Å². The van der Waals surface area contributed by atoms with Crippen LogP contribution in [-0.2, 0) is 17.9 Å². The fraction of sp³-hybridized carbons (Fsp3) is 0.292. The topological polar surface area (TPSA) is 110 Å². The Morgan fingerprint density at radius 2 is 1.79 bits per heavy atom. The van der Waals surface area contributed by atoms with Crippen LogP contribution in [0, 0.1) is 0 Å². The Bertz CT molecular complexity index is 1380. The van der Waals surface area contributed by atoms with E-state index in [-0.39, 0.29) is 5.56 Å². The first-order valence-electron chi connectivity index (χ1n) is 11.2. The number of unbranched alkanes of at least 4 members (excludes halogenated alkanes) is 1. The van der Waals surface area contributed by atoms with Crippen molar-refractivity contribution < 1.29 is 9.59 Å². The Kier molecular flexibility index (Phi) is 7.27. The van der Waals surface area contributed by atoms with Crippen LogP contribution in [0.5, 0.6) is 0 Å². The third-order valence-corrected chi connectivity index (χ3v) is 6.44. The van der Waals surface area contributed by atoms with Crippen LogP contribution in [0.2, 0.25) is 0 Å². The van der Waals surface area contributed by atoms with Crippen LogP contribution in [0.25, 0.3) is 16.7 Å². The number of rotatable bonds is 8. The maximum absolute atomic E-state index is 13.0. The van der Waals surface area contributed by atoms with Crippen LogP contribution in [-0.4, -0.2) is 36.4 Å². The Morgan fingerprint density at radius 1 is 1.06 bits per heavy atom. The molecule has 0 aliphatic heterocycles. The average molecular weight is 479 g/mol. The zero-order chi connectivity index (χ0) is 24.1. The number of amides is 3. The van der Waals surface area contributed by atoms with Crippen LogP contribution in [0.4, 0.5) is 4.79 Å². The van der Waals surface area contributed by atoms with E-state index < -0.39 is 17.2 Å². The van der Waals surface area contributed by atoms with Crippen LogP contribution >= 0.6 is 11.8 Å². The first kappa shape index (κ1) is 23.5. The molecule has 3 amide bonds. The minimum atomic E-state index is -0.621. The van der Waals surface area contributed by atoms with Gasteiger partial charge in [-0.2, -0.15) is 0 Å². The number of carbonyl (C=O) groups excluding carboxylic acids is 2. The first-order chi connectivity index (χ1) is 16.5. The Morgan fingerprint density at radius 3 is 2.56 bits per heavy atom. The second kappa shape index (κ2) is 10.5. The summed E-state index contributed by atoms with van der Waals surface area (Å²) in [7, 11) is 0. The van der Waals surface area contributed by atoms with Crippen LogP contribution < -0.4 is 16.2 Å². The van der Waals surface area contributed by atoms with Gasteiger partial charge in [0, 0.05) is 13.1 Å². The molecule has 34 heavy (non-hydrogen) atoms. The summed E-state index contributed by atoms with van der Waals surface area (Å²) < 4.78 is 3.43. The number of hydrogen-bond acceptors (Lipinski definition) is 6. The van der Waals surface area contributed by atoms with Gasteiger partial charge in [0.1, 0.15) is 0 Å². The van der Waals surface area contributed by atoms with E-state index in [1.54, 1.807) is 22.0 Å². The molecule has 0 radical (unpaired) electrons. The predicted molar refractivity (Wildman–Crippen MR) is 132 cm³/mol. The summed E-state index contributed by atoms with van der Waals surface area (Å²) in [5.41, 5.74) is 1.50. The van der Waals surface area contributed by atoms with Gasteiger partial charge in [0.05, 0.1) is 16.2 Å². The van der Waals surface area contributed by atoms with Crippen molar-refractivity contribution in [3.63, 3.8) is 0 Å². The maximum Gasteiger partial charge on any atom is 0.321 e. The number of para-hydroxylation sites is 1. The minimum Gasteiger partial charge on any atom is -0.334 e. The number of fused-ring (bicyclic) bond motifs is 3. The number of hydrogen-bond donors (Lipinski definition) is 2. The molecule has 2 heterocycles. The maximum atomic E-state index is 13.0. The second-order valence-electron chi connectivity index (χ2n) is 7.86. The van der Waals surface area contributed by atoms with Gasteiger partial charge in [-0.15, -0.1) is 10.2 Å². The highest BCUT2D eigenvalue weighted by Gasteiger charge is 2.22. The van der Waals surface area contributed by atoms with Gasteiger partial charge in [-0.1, -0.05) is 67.6 Å². The Balaban J connectivity index is 1.53. The molecular weight excluding hydrogens is 452 g/mol. The van der Waals surface area contributed by atoms with E-state index in [1.165, 1.54) is 11.8 Å². The van der Waals surface area contributed by atoms with Gasteiger partial charge in [0.15, 0.2) is 5.16 Å². The van der Waals surface area contributed by atoms with E-state index in [0.29, 0.717) is 34.9 Å².